The quantitative estimate of drug-likeness (QED) is 0.546. The van der Waals surface area contributed by atoms with Crippen molar-refractivity contribution < 1.29 is 14.4 Å². The van der Waals surface area contributed by atoms with Crippen molar-refractivity contribution >= 4 is 55.3 Å². The van der Waals surface area contributed by atoms with Crippen molar-refractivity contribution in [3.8, 4) is 0 Å². The van der Waals surface area contributed by atoms with E-state index in [2.05, 4.69) is 37.2 Å². The number of likely N-dealkylation sites (tertiary alicyclic amines) is 1. The first kappa shape index (κ1) is 17.2. The van der Waals surface area contributed by atoms with Crippen molar-refractivity contribution in [2.24, 2.45) is 23.7 Å². The minimum Gasteiger partial charge on any atom is -0.325 e. The predicted octanol–water partition coefficient (Wildman–Crippen LogP) is 2.71. The van der Waals surface area contributed by atoms with Crippen LogP contribution in [0.15, 0.2) is 24.3 Å². The Morgan fingerprint density at radius 1 is 1.16 bits per heavy atom. The molecule has 2 bridgehead atoms. The fraction of sp³-hybridized carbons (Fsp3) is 0.500. The number of imide groups is 1. The molecule has 2 aliphatic carbocycles. The number of carbonyl (C=O) groups is 3. The van der Waals surface area contributed by atoms with Crippen LogP contribution in [0.4, 0.5) is 5.69 Å². The van der Waals surface area contributed by atoms with Crippen LogP contribution in [0.5, 0.6) is 0 Å². The highest BCUT2D eigenvalue weighted by atomic mass is 79.9. The molecule has 25 heavy (non-hydrogen) atoms. The number of rotatable bonds is 3. The number of aryl methyl sites for hydroxylation is 1. The zero-order valence-corrected chi connectivity index (χ0v) is 16.8. The smallest absolute Gasteiger partial charge is 0.244 e. The molecule has 0 radical (unpaired) electrons. The van der Waals surface area contributed by atoms with E-state index in [1.54, 1.807) is 6.07 Å². The lowest BCUT2D eigenvalue weighted by atomic mass is 9.81. The first-order valence-electron chi connectivity index (χ1n) is 8.38. The van der Waals surface area contributed by atoms with Crippen LogP contribution in [0.25, 0.3) is 0 Å². The van der Waals surface area contributed by atoms with Crippen LogP contribution in [0.2, 0.25) is 0 Å². The number of carbonyl (C=O) groups excluding carboxylic acids is 3. The number of amides is 3. The van der Waals surface area contributed by atoms with E-state index >= 15 is 0 Å². The van der Waals surface area contributed by atoms with Gasteiger partial charge in [0.25, 0.3) is 0 Å². The number of halogens is 2. The molecule has 4 rings (SSSR count). The van der Waals surface area contributed by atoms with Gasteiger partial charge in [-0.05, 0) is 42.9 Å². The highest BCUT2D eigenvalue weighted by Crippen LogP contribution is 2.60. The van der Waals surface area contributed by atoms with E-state index in [-0.39, 0.29) is 57.6 Å². The number of alkyl halides is 2. The molecule has 2 saturated carbocycles. The maximum absolute atomic E-state index is 12.8. The standard InChI is InChI=1S/C18H18Br2N2O3/c1-8-3-2-4-9(5-8)21-12(23)7-22-17(24)13-10-6-11(14(13)18(22)25)16(20)15(10)19/h2-5,10-11,13-16H,6-7H2,1H3,(H,21,23). The first-order valence-corrected chi connectivity index (χ1v) is 10.2. The van der Waals surface area contributed by atoms with Crippen LogP contribution in [-0.4, -0.2) is 38.8 Å². The average molecular weight is 470 g/mol. The monoisotopic (exact) mass is 468 g/mol. The van der Waals surface area contributed by atoms with Gasteiger partial charge in [-0.1, -0.05) is 44.0 Å². The van der Waals surface area contributed by atoms with Crippen molar-refractivity contribution in [2.45, 2.75) is 23.0 Å². The lowest BCUT2D eigenvalue weighted by Gasteiger charge is -2.28. The van der Waals surface area contributed by atoms with Crippen LogP contribution < -0.4 is 5.32 Å². The number of benzene rings is 1. The van der Waals surface area contributed by atoms with Crippen molar-refractivity contribution in [3.05, 3.63) is 29.8 Å². The summed E-state index contributed by atoms with van der Waals surface area (Å²) in [6.07, 6.45) is 0.891. The maximum Gasteiger partial charge on any atom is 0.244 e. The summed E-state index contributed by atoms with van der Waals surface area (Å²) in [5.74, 6) is -0.937. The van der Waals surface area contributed by atoms with Gasteiger partial charge in [0.1, 0.15) is 6.54 Å². The lowest BCUT2D eigenvalue weighted by molar-refractivity contribution is -0.143. The summed E-state index contributed by atoms with van der Waals surface area (Å²) in [6.45, 7) is 1.73. The second kappa shape index (κ2) is 6.20. The van der Waals surface area contributed by atoms with Gasteiger partial charge in [0, 0.05) is 15.3 Å². The number of anilines is 1. The minimum absolute atomic E-state index is 0.167. The van der Waals surface area contributed by atoms with Crippen molar-refractivity contribution in [1.29, 1.82) is 0 Å². The molecule has 7 heteroatoms. The van der Waals surface area contributed by atoms with Gasteiger partial charge < -0.3 is 5.32 Å². The molecule has 3 fully saturated rings. The third kappa shape index (κ3) is 2.67. The SMILES string of the molecule is Cc1cccc(NC(=O)CN2C(=O)C3C4CC(C(Br)C4Br)C3C2=O)c1. The van der Waals surface area contributed by atoms with Gasteiger partial charge in [0.05, 0.1) is 11.8 Å². The van der Waals surface area contributed by atoms with Crippen LogP contribution in [-0.2, 0) is 14.4 Å². The fourth-order valence-electron chi connectivity index (χ4n) is 4.63. The Hall–Kier alpha value is -1.21. The topological polar surface area (TPSA) is 66.5 Å². The summed E-state index contributed by atoms with van der Waals surface area (Å²) in [7, 11) is 0. The summed E-state index contributed by atoms with van der Waals surface area (Å²) < 4.78 is 0. The van der Waals surface area contributed by atoms with E-state index in [0.29, 0.717) is 5.69 Å². The summed E-state index contributed by atoms with van der Waals surface area (Å²) >= 11 is 7.32. The molecule has 6 unspecified atom stereocenters. The highest BCUT2D eigenvalue weighted by molar-refractivity contribution is 9.12. The Kier molecular flexibility index (Phi) is 4.27. The van der Waals surface area contributed by atoms with Crippen LogP contribution >= 0.6 is 31.9 Å². The van der Waals surface area contributed by atoms with E-state index in [9.17, 15) is 14.4 Å². The van der Waals surface area contributed by atoms with Gasteiger partial charge in [-0.25, -0.2) is 0 Å². The Labute approximate surface area is 162 Å². The van der Waals surface area contributed by atoms with Gasteiger partial charge in [0.15, 0.2) is 0 Å². The second-order valence-corrected chi connectivity index (χ2v) is 9.30. The molecule has 132 valence electrons. The van der Waals surface area contributed by atoms with E-state index in [1.807, 2.05) is 25.1 Å². The largest absolute Gasteiger partial charge is 0.325 e. The van der Waals surface area contributed by atoms with Gasteiger partial charge >= 0.3 is 0 Å². The van der Waals surface area contributed by atoms with Crippen molar-refractivity contribution in [2.75, 3.05) is 11.9 Å². The molecule has 0 spiro atoms. The van der Waals surface area contributed by atoms with Crippen LogP contribution in [0.3, 0.4) is 0 Å². The molecule has 1 aliphatic heterocycles. The van der Waals surface area contributed by atoms with E-state index < -0.39 is 0 Å². The number of nitrogens with one attached hydrogen (secondary N) is 1. The van der Waals surface area contributed by atoms with Gasteiger partial charge in [0.2, 0.25) is 17.7 Å². The predicted molar refractivity (Wildman–Crippen MR) is 101 cm³/mol. The van der Waals surface area contributed by atoms with E-state index in [4.69, 9.17) is 0 Å². The Bertz CT molecular complexity index is 736. The van der Waals surface area contributed by atoms with Crippen molar-refractivity contribution in [1.82, 2.24) is 4.90 Å². The molecule has 6 atom stereocenters. The molecular weight excluding hydrogens is 452 g/mol. The van der Waals surface area contributed by atoms with Gasteiger partial charge in [-0.15, -0.1) is 0 Å². The molecule has 1 aromatic carbocycles. The van der Waals surface area contributed by atoms with Gasteiger partial charge in [-0.2, -0.15) is 0 Å². The molecule has 5 nitrogen and oxygen atoms in total. The Morgan fingerprint density at radius 2 is 1.76 bits per heavy atom. The summed E-state index contributed by atoms with van der Waals surface area (Å²) in [5.41, 5.74) is 1.70. The molecule has 1 aromatic rings. The van der Waals surface area contributed by atoms with E-state index in [0.717, 1.165) is 16.9 Å². The average Bonchev–Trinajstić information content (AvgIpc) is 3.15. The molecule has 1 heterocycles. The van der Waals surface area contributed by atoms with Crippen LogP contribution in [0.1, 0.15) is 12.0 Å². The number of hydrogen-bond acceptors (Lipinski definition) is 3. The minimum atomic E-state index is -0.342. The van der Waals surface area contributed by atoms with Crippen molar-refractivity contribution in [3.63, 3.8) is 0 Å². The molecule has 1 N–H and O–H groups in total. The number of nitrogens with zero attached hydrogens (tertiary/aromatic N) is 1. The van der Waals surface area contributed by atoms with E-state index in [1.165, 1.54) is 0 Å². The Morgan fingerprint density at radius 3 is 2.32 bits per heavy atom. The number of fused-ring (bicyclic) bond motifs is 5. The summed E-state index contributed by atoms with van der Waals surface area (Å²) in [5, 5.41) is 2.77. The zero-order chi connectivity index (χ0) is 17.9. The molecule has 0 aromatic heterocycles. The summed E-state index contributed by atoms with van der Waals surface area (Å²) in [4.78, 5) is 39.4. The highest BCUT2D eigenvalue weighted by Gasteiger charge is 2.66. The summed E-state index contributed by atoms with van der Waals surface area (Å²) in [6, 6.07) is 7.43. The molecule has 1 saturated heterocycles. The second-order valence-electron chi connectivity index (χ2n) is 7.18. The maximum atomic E-state index is 12.8. The van der Waals surface area contributed by atoms with Gasteiger partial charge in [-0.3, -0.25) is 19.3 Å². The normalized spacial score (nSPS) is 36.0. The number of hydrogen-bond donors (Lipinski definition) is 1. The lowest BCUT2D eigenvalue weighted by Crippen LogP contribution is -2.39. The fourth-order valence-corrected chi connectivity index (χ4v) is 6.51. The third-order valence-electron chi connectivity index (χ3n) is 5.68. The zero-order valence-electron chi connectivity index (χ0n) is 13.6. The molecule has 3 aliphatic rings. The Balaban J connectivity index is 1.48. The molecular formula is C18H18Br2N2O3. The van der Waals surface area contributed by atoms with Crippen LogP contribution in [0, 0.1) is 30.6 Å². The molecule has 3 amide bonds. The third-order valence-corrected chi connectivity index (χ3v) is 8.89. The first-order chi connectivity index (χ1) is 11.9.